The van der Waals surface area contributed by atoms with Crippen molar-refractivity contribution in [2.75, 3.05) is 12.4 Å². The van der Waals surface area contributed by atoms with Crippen molar-refractivity contribution in [2.45, 2.75) is 6.61 Å². The molecule has 0 bridgehead atoms. The van der Waals surface area contributed by atoms with E-state index in [1.54, 1.807) is 30.3 Å². The molecule has 0 heterocycles. The van der Waals surface area contributed by atoms with Gasteiger partial charge in [0, 0.05) is 5.69 Å². The van der Waals surface area contributed by atoms with Crippen LogP contribution in [0, 0.1) is 14.9 Å². The van der Waals surface area contributed by atoms with E-state index < -0.39 is 11.9 Å². The van der Waals surface area contributed by atoms with Crippen LogP contribution in [0.3, 0.4) is 0 Å². The molecular weight excluding hydrogens is 606 g/mol. The number of hydrogen-bond acceptors (Lipinski definition) is 5. The van der Waals surface area contributed by atoms with Gasteiger partial charge in [0.2, 0.25) is 0 Å². The summed E-state index contributed by atoms with van der Waals surface area (Å²) < 4.78 is 12.1. The second-order valence-corrected chi connectivity index (χ2v) is 9.06. The molecule has 0 unspecified atom stereocenters. The van der Waals surface area contributed by atoms with Crippen molar-refractivity contribution in [3.05, 3.63) is 90.5 Å². The van der Waals surface area contributed by atoms with Crippen LogP contribution in [0.2, 0.25) is 10.0 Å². The van der Waals surface area contributed by atoms with Crippen LogP contribution in [-0.4, -0.2) is 24.1 Å². The van der Waals surface area contributed by atoms with E-state index in [0.717, 1.165) is 5.56 Å². The standard InChI is InChI=1S/C25H17Cl2IN2O5/c1-34-22-10-15(9-21(28)23(22)35-13-14-5-6-19(26)20(27)8-14)7-17(12-29)24(31)30-18-4-2-3-16(11-18)25(32)33/h2-11H,13H2,1H3,(H,30,31)(H,32,33)/b17-7-. The second-order valence-electron chi connectivity index (χ2n) is 7.08. The molecule has 0 radical (unpaired) electrons. The van der Waals surface area contributed by atoms with Gasteiger partial charge in [0.25, 0.3) is 5.91 Å². The maximum absolute atomic E-state index is 12.6. The molecule has 0 saturated carbocycles. The van der Waals surface area contributed by atoms with Crippen molar-refractivity contribution in [3.8, 4) is 17.6 Å². The minimum absolute atomic E-state index is 0.0148. The quantitative estimate of drug-likeness (QED) is 0.170. The molecule has 7 nitrogen and oxygen atoms in total. The van der Waals surface area contributed by atoms with Gasteiger partial charge >= 0.3 is 5.97 Å². The molecule has 0 aliphatic rings. The Balaban J connectivity index is 1.82. The van der Waals surface area contributed by atoms with Gasteiger partial charge in [0.05, 0.1) is 26.3 Å². The number of carboxylic acid groups (broad SMARTS) is 1. The van der Waals surface area contributed by atoms with E-state index in [4.69, 9.17) is 37.8 Å². The van der Waals surface area contributed by atoms with E-state index in [9.17, 15) is 14.9 Å². The zero-order valence-electron chi connectivity index (χ0n) is 18.1. The number of aromatic carboxylic acids is 1. The van der Waals surface area contributed by atoms with Crippen molar-refractivity contribution in [3.63, 3.8) is 0 Å². The molecular formula is C25H17Cl2IN2O5. The number of rotatable bonds is 8. The van der Waals surface area contributed by atoms with E-state index in [2.05, 4.69) is 27.9 Å². The summed E-state index contributed by atoms with van der Waals surface area (Å²) in [5, 5.41) is 22.0. The molecule has 3 aromatic carbocycles. The molecule has 3 rings (SSSR count). The van der Waals surface area contributed by atoms with Crippen LogP contribution in [0.15, 0.2) is 60.2 Å². The summed E-state index contributed by atoms with van der Waals surface area (Å²) in [5.41, 5.74) is 1.46. The van der Waals surface area contributed by atoms with Gasteiger partial charge in [-0.1, -0.05) is 35.3 Å². The molecule has 0 aliphatic carbocycles. The minimum atomic E-state index is -1.12. The predicted molar refractivity (Wildman–Crippen MR) is 142 cm³/mol. The van der Waals surface area contributed by atoms with Gasteiger partial charge in [-0.25, -0.2) is 4.79 Å². The molecule has 35 heavy (non-hydrogen) atoms. The third-order valence-corrected chi connectivity index (χ3v) is 6.20. The molecule has 178 valence electrons. The van der Waals surface area contributed by atoms with Crippen molar-refractivity contribution >= 4 is 69.4 Å². The fourth-order valence-electron chi connectivity index (χ4n) is 2.99. The number of nitrogens with one attached hydrogen (secondary N) is 1. The number of anilines is 1. The fourth-order valence-corrected chi connectivity index (χ4v) is 4.09. The van der Waals surface area contributed by atoms with Crippen molar-refractivity contribution < 1.29 is 24.2 Å². The van der Waals surface area contributed by atoms with E-state index >= 15 is 0 Å². The predicted octanol–water partition coefficient (Wildman–Crippen LogP) is 6.43. The third-order valence-electron chi connectivity index (χ3n) is 4.66. The average Bonchev–Trinajstić information content (AvgIpc) is 2.83. The SMILES string of the molecule is COc1cc(/C=C(/C#N)C(=O)Nc2cccc(C(=O)O)c2)cc(I)c1OCc1ccc(Cl)c(Cl)c1. The van der Waals surface area contributed by atoms with Gasteiger partial charge in [0.1, 0.15) is 18.2 Å². The lowest BCUT2D eigenvalue weighted by Crippen LogP contribution is -2.14. The first-order valence-corrected chi connectivity index (χ1v) is 11.8. The second kappa shape index (κ2) is 11.9. The lowest BCUT2D eigenvalue weighted by molar-refractivity contribution is -0.112. The average molecular weight is 623 g/mol. The molecule has 2 N–H and O–H groups in total. The van der Waals surface area contributed by atoms with E-state index in [1.165, 1.54) is 37.5 Å². The van der Waals surface area contributed by atoms with Crippen LogP contribution >= 0.6 is 45.8 Å². The molecule has 1 amide bonds. The molecule has 3 aromatic rings. The number of benzene rings is 3. The Kier molecular flexibility index (Phi) is 8.98. The summed E-state index contributed by atoms with van der Waals surface area (Å²) in [4.78, 5) is 23.8. The van der Waals surface area contributed by atoms with Gasteiger partial charge in [-0.15, -0.1) is 0 Å². The van der Waals surface area contributed by atoms with Crippen LogP contribution < -0.4 is 14.8 Å². The van der Waals surface area contributed by atoms with Crippen LogP contribution in [0.5, 0.6) is 11.5 Å². The van der Waals surface area contributed by atoms with Crippen LogP contribution in [0.4, 0.5) is 5.69 Å². The van der Waals surface area contributed by atoms with Crippen molar-refractivity contribution in [2.24, 2.45) is 0 Å². The van der Waals surface area contributed by atoms with Crippen LogP contribution in [0.25, 0.3) is 6.08 Å². The summed E-state index contributed by atoms with van der Waals surface area (Å²) in [5.74, 6) is -0.899. The molecule has 0 fully saturated rings. The van der Waals surface area contributed by atoms with Crippen molar-refractivity contribution in [1.29, 1.82) is 5.26 Å². The maximum Gasteiger partial charge on any atom is 0.335 e. The third kappa shape index (κ3) is 6.88. The Morgan fingerprint density at radius 1 is 1.14 bits per heavy atom. The first kappa shape index (κ1) is 26.3. The first-order chi connectivity index (χ1) is 16.7. The number of nitrogens with zero attached hydrogens (tertiary/aromatic N) is 1. The number of carbonyl (C=O) groups is 2. The van der Waals surface area contributed by atoms with Crippen LogP contribution in [-0.2, 0) is 11.4 Å². The molecule has 0 aromatic heterocycles. The van der Waals surface area contributed by atoms with E-state index in [-0.39, 0.29) is 23.4 Å². The first-order valence-electron chi connectivity index (χ1n) is 9.92. The van der Waals surface area contributed by atoms with Gasteiger partial charge < -0.3 is 19.9 Å². The van der Waals surface area contributed by atoms with Gasteiger partial charge in [-0.2, -0.15) is 5.26 Å². The fraction of sp³-hybridized carbons (Fsp3) is 0.0800. The molecule has 0 spiro atoms. The summed E-state index contributed by atoms with van der Waals surface area (Å²) in [6.45, 7) is 0.222. The lowest BCUT2D eigenvalue weighted by Gasteiger charge is -2.14. The minimum Gasteiger partial charge on any atom is -0.493 e. The molecule has 10 heteroatoms. The zero-order chi connectivity index (χ0) is 25.5. The highest BCUT2D eigenvalue weighted by Gasteiger charge is 2.15. The Bertz CT molecular complexity index is 1370. The number of hydrogen-bond donors (Lipinski definition) is 2. The number of halogens is 3. The van der Waals surface area contributed by atoms with E-state index in [0.29, 0.717) is 30.7 Å². The Morgan fingerprint density at radius 2 is 1.91 bits per heavy atom. The topological polar surface area (TPSA) is 109 Å². The number of methoxy groups -OCH3 is 1. The molecule has 0 atom stereocenters. The number of amides is 1. The number of carboxylic acids is 1. The smallest absolute Gasteiger partial charge is 0.335 e. The normalized spacial score (nSPS) is 10.9. The summed E-state index contributed by atoms with van der Waals surface area (Å²) in [6.07, 6.45) is 1.41. The maximum atomic E-state index is 12.6. The Labute approximate surface area is 225 Å². The zero-order valence-corrected chi connectivity index (χ0v) is 21.8. The summed E-state index contributed by atoms with van der Waals surface area (Å²) >= 11 is 14.1. The monoisotopic (exact) mass is 622 g/mol. The number of nitriles is 1. The largest absolute Gasteiger partial charge is 0.493 e. The Morgan fingerprint density at radius 3 is 2.57 bits per heavy atom. The highest BCUT2D eigenvalue weighted by molar-refractivity contribution is 14.1. The van der Waals surface area contributed by atoms with Gasteiger partial charge in [0.15, 0.2) is 11.5 Å². The van der Waals surface area contributed by atoms with Crippen molar-refractivity contribution in [1.82, 2.24) is 0 Å². The van der Waals surface area contributed by atoms with E-state index in [1.807, 2.05) is 6.07 Å². The highest BCUT2D eigenvalue weighted by atomic mass is 127. The lowest BCUT2D eigenvalue weighted by atomic mass is 10.1. The Hall–Kier alpha value is -3.26. The summed E-state index contributed by atoms with van der Waals surface area (Å²) in [6, 6.07) is 16.2. The van der Waals surface area contributed by atoms with Gasteiger partial charge in [-0.05, 0) is 82.3 Å². The highest BCUT2D eigenvalue weighted by Crippen LogP contribution is 2.35. The molecule has 0 saturated heterocycles. The molecule has 0 aliphatic heterocycles. The summed E-state index contributed by atoms with van der Waals surface area (Å²) in [7, 11) is 1.48. The van der Waals surface area contributed by atoms with Crippen LogP contribution in [0.1, 0.15) is 21.5 Å². The van der Waals surface area contributed by atoms with Gasteiger partial charge in [-0.3, -0.25) is 4.79 Å². The number of carbonyl (C=O) groups excluding carboxylic acids is 1. The number of ether oxygens (including phenoxy) is 2.